The molecule has 5 heteroatoms. The third-order valence-electron chi connectivity index (χ3n) is 2.33. The monoisotopic (exact) mass is 275 g/mol. The number of rotatable bonds is 3. The molecule has 0 aromatic carbocycles. The Morgan fingerprint density at radius 1 is 1.71 bits per heavy atom. The van der Waals surface area contributed by atoms with Crippen LogP contribution in [-0.2, 0) is 11.3 Å². The molecule has 0 unspecified atom stereocenters. The van der Waals surface area contributed by atoms with E-state index in [2.05, 4.69) is 32.3 Å². The van der Waals surface area contributed by atoms with Gasteiger partial charge in [-0.15, -0.1) is 11.3 Å². The van der Waals surface area contributed by atoms with Gasteiger partial charge in [0.2, 0.25) is 0 Å². The first-order valence-corrected chi connectivity index (χ1v) is 6.00. The van der Waals surface area contributed by atoms with Crippen molar-refractivity contribution in [1.82, 2.24) is 4.90 Å². The standard InChI is InChI=1S/C9H10BrNO2S/c10-8-1-6(5-14-8)2-11-3-7(4-11)9(12)13/h1,5,7H,2-4H2,(H,12,13). The molecule has 1 aromatic heterocycles. The van der Waals surface area contributed by atoms with E-state index in [0.717, 1.165) is 10.3 Å². The minimum atomic E-state index is -0.673. The lowest BCUT2D eigenvalue weighted by atomic mass is 10.0. The Hall–Kier alpha value is -0.390. The van der Waals surface area contributed by atoms with E-state index in [-0.39, 0.29) is 5.92 Å². The van der Waals surface area contributed by atoms with Crippen molar-refractivity contribution in [2.24, 2.45) is 5.92 Å². The molecule has 14 heavy (non-hydrogen) atoms. The number of carboxylic acid groups (broad SMARTS) is 1. The van der Waals surface area contributed by atoms with Gasteiger partial charge in [0.1, 0.15) is 0 Å². The molecule has 0 amide bonds. The van der Waals surface area contributed by atoms with E-state index in [1.165, 1.54) is 5.56 Å². The summed E-state index contributed by atoms with van der Waals surface area (Å²) in [5.41, 5.74) is 1.26. The van der Waals surface area contributed by atoms with E-state index < -0.39 is 5.97 Å². The van der Waals surface area contributed by atoms with Gasteiger partial charge in [0.05, 0.1) is 9.70 Å². The van der Waals surface area contributed by atoms with Gasteiger partial charge in [0, 0.05) is 19.6 Å². The summed E-state index contributed by atoms with van der Waals surface area (Å²) in [6, 6.07) is 2.08. The third kappa shape index (κ3) is 2.16. The molecule has 1 aliphatic heterocycles. The van der Waals surface area contributed by atoms with Crippen LogP contribution in [0.4, 0.5) is 0 Å². The molecule has 0 aliphatic carbocycles. The minimum absolute atomic E-state index is 0.155. The first kappa shape index (κ1) is 10.1. The van der Waals surface area contributed by atoms with Crippen molar-refractivity contribution < 1.29 is 9.90 Å². The largest absolute Gasteiger partial charge is 0.481 e. The molecular formula is C9H10BrNO2S. The molecule has 2 heterocycles. The number of carbonyl (C=O) groups is 1. The molecule has 0 radical (unpaired) electrons. The Kier molecular flexibility index (Phi) is 2.90. The Morgan fingerprint density at radius 3 is 2.93 bits per heavy atom. The van der Waals surface area contributed by atoms with Crippen LogP contribution in [0, 0.1) is 5.92 Å². The van der Waals surface area contributed by atoms with Crippen molar-refractivity contribution in [1.29, 1.82) is 0 Å². The molecule has 0 bridgehead atoms. The summed E-state index contributed by atoms with van der Waals surface area (Å²) in [5.74, 6) is -0.829. The molecule has 2 rings (SSSR count). The molecular weight excluding hydrogens is 266 g/mol. The summed E-state index contributed by atoms with van der Waals surface area (Å²) < 4.78 is 1.13. The van der Waals surface area contributed by atoms with Crippen LogP contribution in [0.25, 0.3) is 0 Å². The average molecular weight is 276 g/mol. The highest BCUT2D eigenvalue weighted by Crippen LogP contribution is 2.24. The van der Waals surface area contributed by atoms with Gasteiger partial charge in [-0.25, -0.2) is 0 Å². The van der Waals surface area contributed by atoms with Crippen LogP contribution >= 0.6 is 27.3 Å². The predicted octanol–water partition coefficient (Wildman–Crippen LogP) is 2.03. The van der Waals surface area contributed by atoms with E-state index in [1.54, 1.807) is 11.3 Å². The number of thiophene rings is 1. The van der Waals surface area contributed by atoms with Crippen LogP contribution < -0.4 is 0 Å². The lowest BCUT2D eigenvalue weighted by Gasteiger charge is -2.36. The normalized spacial score (nSPS) is 18.1. The molecule has 3 nitrogen and oxygen atoms in total. The zero-order chi connectivity index (χ0) is 10.1. The number of hydrogen-bond acceptors (Lipinski definition) is 3. The van der Waals surface area contributed by atoms with Gasteiger partial charge in [0.15, 0.2) is 0 Å². The average Bonchev–Trinajstić information content (AvgIpc) is 2.42. The number of carboxylic acids is 1. The second-order valence-corrected chi connectivity index (χ2v) is 5.78. The quantitative estimate of drug-likeness (QED) is 0.918. The van der Waals surface area contributed by atoms with Gasteiger partial charge >= 0.3 is 5.97 Å². The van der Waals surface area contributed by atoms with Gasteiger partial charge in [-0.1, -0.05) is 0 Å². The van der Waals surface area contributed by atoms with E-state index in [0.29, 0.717) is 13.1 Å². The lowest BCUT2D eigenvalue weighted by molar-refractivity contribution is -0.147. The summed E-state index contributed by atoms with van der Waals surface area (Å²) in [6.07, 6.45) is 0. The first-order valence-electron chi connectivity index (χ1n) is 4.33. The topological polar surface area (TPSA) is 40.5 Å². The fourth-order valence-corrected chi connectivity index (χ4v) is 2.74. The molecule has 0 spiro atoms. The summed E-state index contributed by atoms with van der Waals surface area (Å²) in [7, 11) is 0. The smallest absolute Gasteiger partial charge is 0.309 e. The third-order valence-corrected chi connectivity index (χ3v) is 3.89. The van der Waals surface area contributed by atoms with Gasteiger partial charge in [0.25, 0.3) is 0 Å². The SMILES string of the molecule is O=C(O)C1CN(Cc2csc(Br)c2)C1. The fraction of sp³-hybridized carbons (Fsp3) is 0.444. The fourth-order valence-electron chi connectivity index (χ4n) is 1.54. The molecule has 76 valence electrons. The molecule has 1 aromatic rings. The molecule has 1 aliphatic rings. The number of halogens is 1. The van der Waals surface area contributed by atoms with Gasteiger partial charge < -0.3 is 5.11 Å². The van der Waals surface area contributed by atoms with Gasteiger partial charge in [-0.3, -0.25) is 9.69 Å². The number of aliphatic carboxylic acids is 1. The zero-order valence-corrected chi connectivity index (χ0v) is 9.84. The first-order chi connectivity index (χ1) is 6.65. The molecule has 1 saturated heterocycles. The summed E-state index contributed by atoms with van der Waals surface area (Å²) >= 11 is 5.06. The Balaban J connectivity index is 1.82. The summed E-state index contributed by atoms with van der Waals surface area (Å²) in [6.45, 7) is 2.23. The van der Waals surface area contributed by atoms with Crippen molar-refractivity contribution in [2.45, 2.75) is 6.54 Å². The maximum Gasteiger partial charge on any atom is 0.309 e. The summed E-state index contributed by atoms with van der Waals surface area (Å²) in [5, 5.41) is 10.8. The highest BCUT2D eigenvalue weighted by molar-refractivity contribution is 9.11. The van der Waals surface area contributed by atoms with E-state index in [9.17, 15) is 4.79 Å². The highest BCUT2D eigenvalue weighted by atomic mass is 79.9. The number of likely N-dealkylation sites (tertiary alicyclic amines) is 1. The maximum atomic E-state index is 10.6. The number of hydrogen-bond donors (Lipinski definition) is 1. The second-order valence-electron chi connectivity index (χ2n) is 3.49. The zero-order valence-electron chi connectivity index (χ0n) is 7.44. The second kappa shape index (κ2) is 4.00. The van der Waals surface area contributed by atoms with Crippen molar-refractivity contribution in [3.63, 3.8) is 0 Å². The lowest BCUT2D eigenvalue weighted by Crippen LogP contribution is -2.49. The Bertz CT molecular complexity index is 346. The van der Waals surface area contributed by atoms with Gasteiger partial charge in [-0.05, 0) is 32.9 Å². The van der Waals surface area contributed by atoms with E-state index >= 15 is 0 Å². The van der Waals surface area contributed by atoms with Gasteiger partial charge in [-0.2, -0.15) is 0 Å². The van der Waals surface area contributed by atoms with Crippen molar-refractivity contribution in [3.8, 4) is 0 Å². The van der Waals surface area contributed by atoms with E-state index in [1.807, 2.05) is 0 Å². The highest BCUT2D eigenvalue weighted by Gasteiger charge is 2.32. The Labute approximate surface area is 94.5 Å². The Morgan fingerprint density at radius 2 is 2.43 bits per heavy atom. The predicted molar refractivity (Wildman–Crippen MR) is 58.4 cm³/mol. The summed E-state index contributed by atoms with van der Waals surface area (Å²) in [4.78, 5) is 12.7. The minimum Gasteiger partial charge on any atom is -0.481 e. The van der Waals surface area contributed by atoms with Crippen LogP contribution in [-0.4, -0.2) is 29.1 Å². The van der Waals surface area contributed by atoms with Crippen LogP contribution in [0.2, 0.25) is 0 Å². The van der Waals surface area contributed by atoms with Crippen LogP contribution in [0.5, 0.6) is 0 Å². The van der Waals surface area contributed by atoms with Crippen molar-refractivity contribution in [2.75, 3.05) is 13.1 Å². The van der Waals surface area contributed by atoms with E-state index in [4.69, 9.17) is 5.11 Å². The van der Waals surface area contributed by atoms with Crippen molar-refractivity contribution in [3.05, 3.63) is 20.8 Å². The molecule has 1 fully saturated rings. The molecule has 0 saturated carbocycles. The van der Waals surface area contributed by atoms with Crippen LogP contribution in [0.15, 0.2) is 15.2 Å². The molecule has 0 atom stereocenters. The van der Waals surface area contributed by atoms with Crippen molar-refractivity contribution >= 4 is 33.2 Å². The van der Waals surface area contributed by atoms with Crippen LogP contribution in [0.1, 0.15) is 5.56 Å². The molecule has 1 N–H and O–H groups in total. The maximum absolute atomic E-state index is 10.6. The van der Waals surface area contributed by atoms with Crippen LogP contribution in [0.3, 0.4) is 0 Å². The number of nitrogens with zero attached hydrogens (tertiary/aromatic N) is 1.